The zero-order chi connectivity index (χ0) is 18.7. The van der Waals surface area contributed by atoms with Gasteiger partial charge in [-0.1, -0.05) is 0 Å². The van der Waals surface area contributed by atoms with Gasteiger partial charge in [-0.2, -0.15) is 0 Å². The monoisotopic (exact) mass is 373 g/mol. The van der Waals surface area contributed by atoms with Crippen LogP contribution >= 0.6 is 0 Å². The maximum absolute atomic E-state index is 12.6. The van der Waals surface area contributed by atoms with Gasteiger partial charge in [0, 0.05) is 31.2 Å². The smallest absolute Gasteiger partial charge is 0.273 e. The molecule has 0 atom stereocenters. The number of sulfonamides is 1. The lowest BCUT2D eigenvalue weighted by molar-refractivity contribution is -0.385. The third kappa shape index (κ3) is 4.66. The molecule has 2 rings (SSSR count). The Morgan fingerprint density at radius 1 is 1.36 bits per heavy atom. The van der Waals surface area contributed by atoms with E-state index in [1.165, 1.54) is 13.2 Å². The van der Waals surface area contributed by atoms with E-state index in [0.717, 1.165) is 25.2 Å². The van der Waals surface area contributed by atoms with E-state index in [2.05, 4.69) is 9.62 Å². The molecule has 1 aliphatic rings. The van der Waals surface area contributed by atoms with Gasteiger partial charge in [0.1, 0.15) is 10.6 Å². The fraction of sp³-hybridized carbons (Fsp3) is 0.600. The van der Waals surface area contributed by atoms with Gasteiger partial charge in [0.05, 0.1) is 31.3 Å². The molecule has 1 heterocycles. The fourth-order valence-corrected chi connectivity index (χ4v) is 3.97. The van der Waals surface area contributed by atoms with Crippen molar-refractivity contribution in [3.63, 3.8) is 0 Å². The summed E-state index contributed by atoms with van der Waals surface area (Å²) in [5.41, 5.74) is -0.630. The minimum absolute atomic E-state index is 0.0640. The van der Waals surface area contributed by atoms with Crippen LogP contribution in [0.4, 0.5) is 5.69 Å². The third-order valence-corrected chi connectivity index (χ3v) is 5.65. The molecule has 1 N–H and O–H groups in total. The molecular formula is C15H23N3O6S. The van der Waals surface area contributed by atoms with Crippen molar-refractivity contribution in [3.05, 3.63) is 28.3 Å². The van der Waals surface area contributed by atoms with E-state index in [9.17, 15) is 18.5 Å². The Bertz CT molecular complexity index is 729. The number of rotatable bonds is 7. The van der Waals surface area contributed by atoms with Crippen LogP contribution in [-0.2, 0) is 14.8 Å². The van der Waals surface area contributed by atoms with E-state index in [0.29, 0.717) is 13.2 Å². The van der Waals surface area contributed by atoms with Crippen LogP contribution in [0.25, 0.3) is 0 Å². The standard InChI is InChI=1S/C15H23N3O6S/c1-15(2,17-6-8-24-9-7-17)11-16-25(21,22)14-5-4-12(18(19)20)10-13(14)23-3/h4-5,10,16H,6-9,11H2,1-3H3. The molecule has 140 valence electrons. The summed E-state index contributed by atoms with van der Waals surface area (Å²) in [6.07, 6.45) is 0. The summed E-state index contributed by atoms with van der Waals surface area (Å²) >= 11 is 0. The number of methoxy groups -OCH3 is 1. The number of nitro groups is 1. The van der Waals surface area contributed by atoms with Crippen LogP contribution in [0.5, 0.6) is 5.75 Å². The van der Waals surface area contributed by atoms with E-state index >= 15 is 0 Å². The zero-order valence-corrected chi connectivity index (χ0v) is 15.3. The van der Waals surface area contributed by atoms with Crippen molar-refractivity contribution in [2.24, 2.45) is 0 Å². The third-order valence-electron chi connectivity index (χ3n) is 4.21. The highest BCUT2D eigenvalue weighted by molar-refractivity contribution is 7.89. The molecule has 0 unspecified atom stereocenters. The lowest BCUT2D eigenvalue weighted by atomic mass is 10.0. The Hall–Kier alpha value is -1.75. The summed E-state index contributed by atoms with van der Waals surface area (Å²) in [4.78, 5) is 12.3. The quantitative estimate of drug-likeness (QED) is 0.560. The van der Waals surface area contributed by atoms with Crippen molar-refractivity contribution in [2.45, 2.75) is 24.3 Å². The number of nitrogens with one attached hydrogen (secondary N) is 1. The second kappa shape index (κ2) is 7.65. The normalized spacial score (nSPS) is 16.6. The fourth-order valence-electron chi connectivity index (χ4n) is 2.62. The van der Waals surface area contributed by atoms with Gasteiger partial charge in [-0.3, -0.25) is 15.0 Å². The maximum atomic E-state index is 12.6. The summed E-state index contributed by atoms with van der Waals surface area (Å²) < 4.78 is 38.2. The van der Waals surface area contributed by atoms with Crippen LogP contribution < -0.4 is 9.46 Å². The Morgan fingerprint density at radius 2 is 2.00 bits per heavy atom. The Balaban J connectivity index is 2.17. The van der Waals surface area contributed by atoms with Crippen LogP contribution in [0.1, 0.15) is 13.8 Å². The molecule has 0 aromatic heterocycles. The maximum Gasteiger partial charge on any atom is 0.273 e. The molecule has 1 aromatic carbocycles. The summed E-state index contributed by atoms with van der Waals surface area (Å²) in [6.45, 7) is 6.79. The largest absolute Gasteiger partial charge is 0.495 e. The highest BCUT2D eigenvalue weighted by Crippen LogP contribution is 2.28. The molecule has 1 fully saturated rings. The second-order valence-electron chi connectivity index (χ2n) is 6.33. The number of morpholine rings is 1. The van der Waals surface area contributed by atoms with Crippen LogP contribution in [0.2, 0.25) is 0 Å². The first-order chi connectivity index (χ1) is 11.7. The molecule has 1 aliphatic heterocycles. The van der Waals surface area contributed by atoms with Gasteiger partial charge < -0.3 is 9.47 Å². The minimum atomic E-state index is -3.87. The zero-order valence-electron chi connectivity index (χ0n) is 14.5. The van der Waals surface area contributed by atoms with E-state index in [1.54, 1.807) is 0 Å². The summed E-state index contributed by atoms with van der Waals surface area (Å²) in [6, 6.07) is 3.42. The van der Waals surface area contributed by atoms with Gasteiger partial charge in [-0.05, 0) is 19.9 Å². The van der Waals surface area contributed by atoms with Crippen LogP contribution in [-0.4, -0.2) is 63.7 Å². The van der Waals surface area contributed by atoms with Crippen LogP contribution in [0.3, 0.4) is 0 Å². The SMILES string of the molecule is COc1cc([N+](=O)[O-])ccc1S(=O)(=O)NCC(C)(C)N1CCOCC1. The van der Waals surface area contributed by atoms with Crippen molar-refractivity contribution in [1.82, 2.24) is 9.62 Å². The second-order valence-corrected chi connectivity index (χ2v) is 8.06. The van der Waals surface area contributed by atoms with Crippen LogP contribution in [0, 0.1) is 10.1 Å². The van der Waals surface area contributed by atoms with Gasteiger partial charge in [0.2, 0.25) is 10.0 Å². The summed E-state index contributed by atoms with van der Waals surface area (Å²) in [7, 11) is -2.60. The van der Waals surface area contributed by atoms with Crippen molar-refractivity contribution >= 4 is 15.7 Å². The average Bonchev–Trinajstić information content (AvgIpc) is 2.60. The highest BCUT2D eigenvalue weighted by atomic mass is 32.2. The Labute approximate surface area is 147 Å². The molecule has 0 spiro atoms. The van der Waals surface area contributed by atoms with Gasteiger partial charge >= 0.3 is 0 Å². The molecule has 9 nitrogen and oxygen atoms in total. The van der Waals surface area contributed by atoms with E-state index in [4.69, 9.17) is 9.47 Å². The summed E-state index contributed by atoms with van der Waals surface area (Å²) in [5.74, 6) is -0.0640. The van der Waals surface area contributed by atoms with Gasteiger partial charge in [0.15, 0.2) is 0 Å². The number of non-ortho nitro benzene ring substituents is 1. The van der Waals surface area contributed by atoms with Gasteiger partial charge in [-0.25, -0.2) is 13.1 Å². The number of nitrogens with zero attached hydrogens (tertiary/aromatic N) is 2. The lowest BCUT2D eigenvalue weighted by Crippen LogP contribution is -2.55. The molecule has 1 saturated heterocycles. The predicted octanol–water partition coefficient (Wildman–Crippen LogP) is 0.992. The predicted molar refractivity (Wildman–Crippen MR) is 91.3 cm³/mol. The van der Waals surface area contributed by atoms with Crippen molar-refractivity contribution < 1.29 is 22.8 Å². The van der Waals surface area contributed by atoms with E-state index in [1.807, 2.05) is 13.8 Å². The molecule has 0 radical (unpaired) electrons. The van der Waals surface area contributed by atoms with Crippen molar-refractivity contribution in [2.75, 3.05) is 40.0 Å². The number of benzene rings is 1. The lowest BCUT2D eigenvalue weighted by Gasteiger charge is -2.40. The first kappa shape index (κ1) is 19.6. The first-order valence-corrected chi connectivity index (χ1v) is 9.30. The molecule has 0 aliphatic carbocycles. The Morgan fingerprint density at radius 3 is 2.56 bits per heavy atom. The summed E-state index contributed by atoms with van der Waals surface area (Å²) in [5, 5.41) is 10.8. The highest BCUT2D eigenvalue weighted by Gasteiger charge is 2.31. The molecule has 10 heteroatoms. The van der Waals surface area contributed by atoms with Gasteiger partial charge in [0.25, 0.3) is 5.69 Å². The molecule has 0 bridgehead atoms. The average molecular weight is 373 g/mol. The number of nitro benzene ring substituents is 1. The number of hydrogen-bond donors (Lipinski definition) is 1. The Kier molecular flexibility index (Phi) is 5.99. The topological polar surface area (TPSA) is 111 Å². The molecule has 25 heavy (non-hydrogen) atoms. The minimum Gasteiger partial charge on any atom is -0.495 e. The van der Waals surface area contributed by atoms with E-state index < -0.39 is 20.5 Å². The molecule has 1 aromatic rings. The van der Waals surface area contributed by atoms with Gasteiger partial charge in [-0.15, -0.1) is 0 Å². The van der Waals surface area contributed by atoms with E-state index in [-0.39, 0.29) is 22.9 Å². The van der Waals surface area contributed by atoms with Crippen LogP contribution in [0.15, 0.2) is 23.1 Å². The molecule has 0 saturated carbocycles. The molecular weight excluding hydrogens is 350 g/mol. The number of hydrogen-bond acceptors (Lipinski definition) is 7. The number of ether oxygens (including phenoxy) is 2. The molecule has 0 amide bonds. The first-order valence-electron chi connectivity index (χ1n) is 7.82. The van der Waals surface area contributed by atoms with Crippen molar-refractivity contribution in [1.29, 1.82) is 0 Å². The van der Waals surface area contributed by atoms with Crippen molar-refractivity contribution in [3.8, 4) is 5.75 Å².